The van der Waals surface area contributed by atoms with E-state index in [1.807, 2.05) is 29.2 Å². The van der Waals surface area contributed by atoms with Gasteiger partial charge in [0.15, 0.2) is 11.1 Å². The molecule has 0 unspecified atom stereocenters. The monoisotopic (exact) mass is 535 g/mol. The van der Waals surface area contributed by atoms with Gasteiger partial charge < -0.3 is 26.6 Å². The van der Waals surface area contributed by atoms with Gasteiger partial charge in [-0.15, -0.1) is 12.4 Å². The summed E-state index contributed by atoms with van der Waals surface area (Å²) in [4.78, 5) is 43.5. The average molecular weight is 536 g/mol. The number of hydrogen-bond acceptors (Lipinski definition) is 6. The minimum Gasteiger partial charge on any atom is -0.370 e. The fourth-order valence-electron chi connectivity index (χ4n) is 3.90. The first-order chi connectivity index (χ1) is 16.8. The largest absolute Gasteiger partial charge is 0.370 e. The molecule has 2 heterocycles. The van der Waals surface area contributed by atoms with Crippen molar-refractivity contribution in [3.8, 4) is 0 Å². The number of nitrogens with zero attached hydrogens (tertiary/aromatic N) is 2. The highest BCUT2D eigenvalue weighted by Crippen LogP contribution is 2.25. The lowest BCUT2D eigenvalue weighted by molar-refractivity contribution is -0.132. The first-order valence-corrected chi connectivity index (χ1v) is 12.7. The third-order valence-electron chi connectivity index (χ3n) is 5.63. The molecular weight excluding hydrogens is 502 g/mol. The zero-order valence-electron chi connectivity index (χ0n) is 20.4. The van der Waals surface area contributed by atoms with Gasteiger partial charge in [-0.3, -0.25) is 19.8 Å². The Morgan fingerprint density at radius 1 is 1.08 bits per heavy atom. The molecule has 1 aliphatic heterocycles. The lowest BCUT2D eigenvalue weighted by atomic mass is 10.1. The summed E-state index contributed by atoms with van der Waals surface area (Å²) >= 11 is 1.15. The number of hydrogen-bond donors (Lipinski definition) is 5. The molecule has 6 N–H and O–H groups in total. The number of carbonyl (C=O) groups excluding carboxylic acids is 3. The summed E-state index contributed by atoms with van der Waals surface area (Å²) in [6.07, 6.45) is 5.47. The van der Waals surface area contributed by atoms with E-state index in [9.17, 15) is 14.4 Å². The fourth-order valence-corrected chi connectivity index (χ4v) is 4.87. The van der Waals surface area contributed by atoms with Crippen molar-refractivity contribution in [2.24, 2.45) is 5.73 Å². The average Bonchev–Trinajstić information content (AvgIpc) is 3.23. The maximum absolute atomic E-state index is 12.9. The normalized spacial score (nSPS) is 12.9. The third kappa shape index (κ3) is 9.12. The van der Waals surface area contributed by atoms with Crippen LogP contribution in [0.4, 0.5) is 10.8 Å². The van der Waals surface area contributed by atoms with Crippen molar-refractivity contribution in [3.05, 3.63) is 40.4 Å². The van der Waals surface area contributed by atoms with Gasteiger partial charge in [-0.25, -0.2) is 4.98 Å². The summed E-state index contributed by atoms with van der Waals surface area (Å²) < 4.78 is 0. The van der Waals surface area contributed by atoms with Gasteiger partial charge in [-0.2, -0.15) is 0 Å². The lowest BCUT2D eigenvalue weighted by Crippen LogP contribution is -2.36. The molecule has 1 fully saturated rings. The molecule has 196 valence electrons. The van der Waals surface area contributed by atoms with Gasteiger partial charge in [-0.05, 0) is 56.2 Å². The minimum absolute atomic E-state index is 0. The molecule has 1 saturated heterocycles. The molecule has 1 aromatic carbocycles. The number of piperidine rings is 1. The Morgan fingerprint density at radius 3 is 2.42 bits per heavy atom. The van der Waals surface area contributed by atoms with Crippen LogP contribution in [0, 0.1) is 5.41 Å². The smallest absolute Gasteiger partial charge is 0.263 e. The highest BCUT2D eigenvalue weighted by atomic mass is 35.5. The second-order valence-corrected chi connectivity index (χ2v) is 9.51. The second kappa shape index (κ2) is 14.4. The Balaban J connectivity index is 0.00000456. The first kappa shape index (κ1) is 29.1. The molecular formula is C24H34ClN7O3S. The van der Waals surface area contributed by atoms with E-state index >= 15 is 0 Å². The van der Waals surface area contributed by atoms with Gasteiger partial charge in [0.05, 0.1) is 5.69 Å². The van der Waals surface area contributed by atoms with Crippen LogP contribution in [0.5, 0.6) is 0 Å². The predicted molar refractivity (Wildman–Crippen MR) is 145 cm³/mol. The van der Waals surface area contributed by atoms with Crippen LogP contribution in [-0.2, 0) is 22.4 Å². The molecule has 1 aromatic heterocycles. The van der Waals surface area contributed by atoms with Crippen molar-refractivity contribution in [1.29, 1.82) is 5.41 Å². The SMILES string of the molecule is CC(=O)Nc1nc(CCc2ccc(NC(=N)N)cc2)c(C(=O)NCCCC(=O)N2CCCCC2)s1.Cl. The van der Waals surface area contributed by atoms with Crippen LogP contribution in [0.15, 0.2) is 24.3 Å². The lowest BCUT2D eigenvalue weighted by Gasteiger charge is -2.26. The fraction of sp³-hybridized carbons (Fsp3) is 0.458. The van der Waals surface area contributed by atoms with Crippen LogP contribution < -0.4 is 21.7 Å². The highest BCUT2D eigenvalue weighted by Gasteiger charge is 2.19. The van der Waals surface area contributed by atoms with Crippen LogP contribution >= 0.6 is 23.7 Å². The summed E-state index contributed by atoms with van der Waals surface area (Å²) in [5.41, 5.74) is 7.73. The number of amides is 3. The maximum Gasteiger partial charge on any atom is 0.263 e. The molecule has 10 nitrogen and oxygen atoms in total. The third-order valence-corrected chi connectivity index (χ3v) is 6.64. The number of halogens is 1. The summed E-state index contributed by atoms with van der Waals surface area (Å²) in [6, 6.07) is 7.51. The maximum atomic E-state index is 12.9. The quantitative estimate of drug-likeness (QED) is 0.179. The van der Waals surface area contributed by atoms with E-state index in [2.05, 4.69) is 20.9 Å². The number of nitrogens with two attached hydrogens (primary N) is 1. The molecule has 2 aromatic rings. The number of aryl methyl sites for hydroxylation is 2. The second-order valence-electron chi connectivity index (χ2n) is 8.51. The number of anilines is 2. The van der Waals surface area contributed by atoms with E-state index < -0.39 is 0 Å². The number of carbonyl (C=O) groups is 3. The van der Waals surface area contributed by atoms with Crippen molar-refractivity contribution >= 4 is 58.2 Å². The molecule has 0 atom stereocenters. The summed E-state index contributed by atoms with van der Waals surface area (Å²) in [6.45, 7) is 3.46. The molecule has 0 saturated carbocycles. The summed E-state index contributed by atoms with van der Waals surface area (Å²) in [5.74, 6) is -0.477. The summed E-state index contributed by atoms with van der Waals surface area (Å²) in [7, 11) is 0. The van der Waals surface area contributed by atoms with Crippen LogP contribution in [0.25, 0.3) is 0 Å². The van der Waals surface area contributed by atoms with Crippen LogP contribution in [0.2, 0.25) is 0 Å². The van der Waals surface area contributed by atoms with E-state index in [0.717, 1.165) is 48.5 Å². The molecule has 0 aliphatic carbocycles. The Hall–Kier alpha value is -3.18. The van der Waals surface area contributed by atoms with Gasteiger partial charge in [0, 0.05) is 38.7 Å². The van der Waals surface area contributed by atoms with Gasteiger partial charge in [0.25, 0.3) is 5.91 Å². The number of likely N-dealkylation sites (tertiary alicyclic amines) is 1. The van der Waals surface area contributed by atoms with Crippen molar-refractivity contribution < 1.29 is 14.4 Å². The number of aromatic nitrogens is 1. The Morgan fingerprint density at radius 2 is 1.78 bits per heavy atom. The number of thiazole rings is 1. The summed E-state index contributed by atoms with van der Waals surface area (Å²) in [5, 5.41) is 16.0. The number of guanidine groups is 1. The molecule has 36 heavy (non-hydrogen) atoms. The van der Waals surface area contributed by atoms with Gasteiger partial charge in [0.2, 0.25) is 11.8 Å². The zero-order valence-corrected chi connectivity index (χ0v) is 22.0. The van der Waals surface area contributed by atoms with E-state index in [1.54, 1.807) is 0 Å². The van der Waals surface area contributed by atoms with E-state index in [1.165, 1.54) is 13.3 Å². The topological polar surface area (TPSA) is 153 Å². The van der Waals surface area contributed by atoms with E-state index in [-0.39, 0.29) is 36.1 Å². The molecule has 3 amide bonds. The number of rotatable bonds is 10. The number of nitrogens with one attached hydrogen (secondary N) is 4. The van der Waals surface area contributed by atoms with Gasteiger partial charge >= 0.3 is 0 Å². The molecule has 3 rings (SSSR count). The zero-order chi connectivity index (χ0) is 25.2. The molecule has 12 heteroatoms. The Bertz CT molecular complexity index is 1050. The van der Waals surface area contributed by atoms with Gasteiger partial charge in [0.1, 0.15) is 4.88 Å². The Kier molecular flexibility index (Phi) is 11.6. The molecule has 0 radical (unpaired) electrons. The van der Waals surface area contributed by atoms with E-state index in [4.69, 9.17) is 11.1 Å². The first-order valence-electron chi connectivity index (χ1n) is 11.8. The standard InChI is InChI=1S/C24H33N7O3S.ClH/c1-16(32)28-24-30-19(12-9-17-7-10-18(11-8-17)29-23(25)26)21(35-24)22(34)27-13-5-6-20(33)31-14-3-2-4-15-31;/h7-8,10-11H,2-6,9,12-15H2,1H3,(H,27,34)(H4,25,26,29)(H,28,30,32);1H. The molecule has 0 bridgehead atoms. The van der Waals surface area contributed by atoms with E-state index in [0.29, 0.717) is 47.9 Å². The van der Waals surface area contributed by atoms with Crippen molar-refractivity contribution in [1.82, 2.24) is 15.2 Å². The predicted octanol–water partition coefficient (Wildman–Crippen LogP) is 3.14. The minimum atomic E-state index is -0.250. The van der Waals surface area contributed by atoms with Crippen molar-refractivity contribution in [2.75, 3.05) is 30.3 Å². The van der Waals surface area contributed by atoms with Gasteiger partial charge in [-0.1, -0.05) is 23.5 Å². The highest BCUT2D eigenvalue weighted by molar-refractivity contribution is 7.17. The van der Waals surface area contributed by atoms with Crippen LogP contribution in [-0.4, -0.2) is 53.2 Å². The van der Waals surface area contributed by atoms with Crippen LogP contribution in [0.1, 0.15) is 60.0 Å². The van der Waals surface area contributed by atoms with Crippen molar-refractivity contribution in [2.45, 2.75) is 51.9 Å². The Labute approximate surface area is 221 Å². The van der Waals surface area contributed by atoms with Crippen molar-refractivity contribution in [3.63, 3.8) is 0 Å². The molecule has 1 aliphatic rings. The van der Waals surface area contributed by atoms with Crippen LogP contribution in [0.3, 0.4) is 0 Å². The molecule has 0 spiro atoms. The number of benzene rings is 1.